The first-order valence-electron chi connectivity index (χ1n) is 4.15. The molecule has 0 saturated heterocycles. The number of alkyl halides is 2. The van der Waals surface area contributed by atoms with Crippen molar-refractivity contribution in [3.05, 3.63) is 23.8 Å². The molecule has 0 amide bonds. The normalized spacial score (nSPS) is 11.9. The summed E-state index contributed by atoms with van der Waals surface area (Å²) in [7, 11) is -4.42. The third-order valence-electron chi connectivity index (χ3n) is 1.68. The highest BCUT2D eigenvalue weighted by Crippen LogP contribution is 2.25. The molecule has 17 heavy (non-hydrogen) atoms. The third kappa shape index (κ3) is 3.30. The molecule has 9 heteroatoms. The van der Waals surface area contributed by atoms with Gasteiger partial charge in [0.1, 0.15) is 11.5 Å². The number of nitrogens with two attached hydrogens (primary N) is 1. The van der Waals surface area contributed by atoms with Crippen molar-refractivity contribution in [3.63, 3.8) is 0 Å². The molecule has 0 unspecified atom stereocenters. The molecule has 0 bridgehead atoms. The average molecular weight is 273 g/mol. The molecule has 1 aromatic carbocycles. The molecule has 96 valence electrons. The second-order valence-corrected chi connectivity index (χ2v) is 4.47. The van der Waals surface area contributed by atoms with Gasteiger partial charge in [0.25, 0.3) is 6.43 Å². The molecular weight excluding hydrogens is 266 g/mol. The molecule has 0 radical (unpaired) electrons. The molecule has 0 spiro atoms. The maximum absolute atomic E-state index is 13.2. The molecule has 0 fully saturated rings. The van der Waals surface area contributed by atoms with Crippen LogP contribution in [0, 0.1) is 11.6 Å². The number of sulfonamides is 1. The molecule has 0 saturated carbocycles. The fraction of sp³-hybridized carbons (Fsp3) is 0.250. The van der Waals surface area contributed by atoms with E-state index in [4.69, 9.17) is 0 Å². The Morgan fingerprint density at radius 2 is 1.82 bits per heavy atom. The van der Waals surface area contributed by atoms with Crippen LogP contribution in [0.15, 0.2) is 17.0 Å². The second-order valence-electron chi connectivity index (χ2n) is 2.94. The minimum atomic E-state index is -4.42. The monoisotopic (exact) mass is 273 g/mol. The number of ether oxygens (including phenoxy) is 1. The number of hydrogen-bond acceptors (Lipinski definition) is 3. The number of benzene rings is 1. The summed E-state index contributed by atoms with van der Waals surface area (Å²) in [6.45, 7) is -1.13. The zero-order valence-electron chi connectivity index (χ0n) is 8.16. The topological polar surface area (TPSA) is 69.4 Å². The van der Waals surface area contributed by atoms with Crippen molar-refractivity contribution in [1.29, 1.82) is 0 Å². The zero-order chi connectivity index (χ0) is 13.2. The van der Waals surface area contributed by atoms with Crippen LogP contribution in [0.1, 0.15) is 0 Å². The standard InChI is InChI=1S/C8H7F4NO3S/c9-6(10)3-16-4-1-2-5(17(13,14)15)8(12)7(4)11/h1-2,6H,3H2,(H2,13,14,15). The highest BCUT2D eigenvalue weighted by atomic mass is 32.2. The third-order valence-corrected chi connectivity index (χ3v) is 2.61. The van der Waals surface area contributed by atoms with Crippen molar-refractivity contribution in [2.24, 2.45) is 5.14 Å². The molecule has 0 aliphatic rings. The number of rotatable bonds is 4. The highest BCUT2D eigenvalue weighted by molar-refractivity contribution is 7.89. The zero-order valence-corrected chi connectivity index (χ0v) is 8.98. The summed E-state index contributed by atoms with van der Waals surface area (Å²) in [5, 5.41) is 4.60. The van der Waals surface area contributed by atoms with Crippen molar-refractivity contribution >= 4 is 10.0 Å². The van der Waals surface area contributed by atoms with Gasteiger partial charge in [-0.3, -0.25) is 0 Å². The van der Waals surface area contributed by atoms with Crippen LogP contribution in [0.5, 0.6) is 5.75 Å². The Morgan fingerprint density at radius 3 is 2.29 bits per heavy atom. The molecule has 0 atom stereocenters. The van der Waals surface area contributed by atoms with Crippen LogP contribution in [-0.2, 0) is 10.0 Å². The lowest BCUT2D eigenvalue weighted by molar-refractivity contribution is 0.0794. The molecule has 0 aliphatic carbocycles. The van der Waals surface area contributed by atoms with E-state index < -0.39 is 45.3 Å². The Bertz CT molecular complexity index is 518. The molecule has 1 aromatic rings. The summed E-state index contributed by atoms with van der Waals surface area (Å²) < 4.78 is 75.7. The van der Waals surface area contributed by atoms with Gasteiger partial charge in [-0.15, -0.1) is 0 Å². The van der Waals surface area contributed by atoms with Crippen LogP contribution < -0.4 is 9.88 Å². The quantitative estimate of drug-likeness (QED) is 0.839. The van der Waals surface area contributed by atoms with E-state index in [2.05, 4.69) is 9.88 Å². The summed E-state index contributed by atoms with van der Waals surface area (Å²) in [5.41, 5.74) is 0. The van der Waals surface area contributed by atoms with Crippen molar-refractivity contribution in [2.45, 2.75) is 11.3 Å². The Hall–Kier alpha value is -1.35. The van der Waals surface area contributed by atoms with Gasteiger partial charge in [0.2, 0.25) is 15.8 Å². The Morgan fingerprint density at radius 1 is 1.24 bits per heavy atom. The van der Waals surface area contributed by atoms with Crippen LogP contribution in [0.3, 0.4) is 0 Å². The van der Waals surface area contributed by atoms with Crippen LogP contribution in [0.2, 0.25) is 0 Å². The molecule has 2 N–H and O–H groups in total. The van der Waals surface area contributed by atoms with Crippen LogP contribution >= 0.6 is 0 Å². The summed E-state index contributed by atoms with van der Waals surface area (Å²) in [5.74, 6) is -4.26. The van der Waals surface area contributed by atoms with E-state index >= 15 is 0 Å². The molecular formula is C8H7F4NO3S. The predicted octanol–water partition coefficient (Wildman–Crippen LogP) is 1.26. The lowest BCUT2D eigenvalue weighted by Gasteiger charge is -2.08. The largest absolute Gasteiger partial charge is 0.484 e. The van der Waals surface area contributed by atoms with Crippen LogP contribution in [0.4, 0.5) is 17.6 Å². The SMILES string of the molecule is NS(=O)(=O)c1ccc(OCC(F)F)c(F)c1F. The van der Waals surface area contributed by atoms with Crippen molar-refractivity contribution < 1.29 is 30.7 Å². The van der Waals surface area contributed by atoms with Gasteiger partial charge in [0.05, 0.1) is 0 Å². The first-order valence-corrected chi connectivity index (χ1v) is 5.70. The number of hydrogen-bond donors (Lipinski definition) is 1. The Labute approximate surface area is 94.0 Å². The van der Waals surface area contributed by atoms with Gasteiger partial charge < -0.3 is 4.74 Å². The lowest BCUT2D eigenvalue weighted by atomic mass is 10.3. The fourth-order valence-corrected chi connectivity index (χ4v) is 1.60. The van der Waals surface area contributed by atoms with Gasteiger partial charge in [-0.05, 0) is 12.1 Å². The maximum atomic E-state index is 13.2. The second kappa shape index (κ2) is 4.88. The van der Waals surface area contributed by atoms with E-state index in [-0.39, 0.29) is 0 Å². The minimum absolute atomic E-state index is 0.633. The summed E-state index contributed by atoms with van der Waals surface area (Å²) in [6, 6.07) is 1.34. The fourth-order valence-electron chi connectivity index (χ4n) is 0.998. The van der Waals surface area contributed by atoms with Gasteiger partial charge in [0, 0.05) is 0 Å². The first-order chi connectivity index (χ1) is 7.73. The van der Waals surface area contributed by atoms with Gasteiger partial charge in [0.15, 0.2) is 11.6 Å². The number of primary sulfonamides is 1. The van der Waals surface area contributed by atoms with Gasteiger partial charge >= 0.3 is 0 Å². The number of halogens is 4. The molecule has 0 aliphatic heterocycles. The average Bonchev–Trinajstić information content (AvgIpc) is 2.18. The molecule has 0 heterocycles. The Balaban J connectivity index is 3.11. The van der Waals surface area contributed by atoms with Gasteiger partial charge in [-0.2, -0.15) is 4.39 Å². The minimum Gasteiger partial charge on any atom is -0.484 e. The molecule has 1 rings (SSSR count). The summed E-state index contributed by atoms with van der Waals surface area (Å²) in [6.07, 6.45) is -2.87. The van der Waals surface area contributed by atoms with Gasteiger partial charge in [-0.25, -0.2) is 26.7 Å². The first kappa shape index (κ1) is 13.7. The maximum Gasteiger partial charge on any atom is 0.272 e. The van der Waals surface area contributed by atoms with Crippen LogP contribution in [0.25, 0.3) is 0 Å². The summed E-state index contributed by atoms with van der Waals surface area (Å²) >= 11 is 0. The summed E-state index contributed by atoms with van der Waals surface area (Å²) in [4.78, 5) is -1.07. The van der Waals surface area contributed by atoms with Crippen molar-refractivity contribution in [2.75, 3.05) is 6.61 Å². The Kier molecular flexibility index (Phi) is 3.94. The predicted molar refractivity (Wildman–Crippen MR) is 49.2 cm³/mol. The van der Waals surface area contributed by atoms with Crippen LogP contribution in [-0.4, -0.2) is 21.5 Å². The van der Waals surface area contributed by atoms with E-state index in [1.165, 1.54) is 0 Å². The molecule has 0 aromatic heterocycles. The van der Waals surface area contributed by atoms with E-state index in [0.717, 1.165) is 0 Å². The highest BCUT2D eigenvalue weighted by Gasteiger charge is 2.21. The van der Waals surface area contributed by atoms with E-state index in [1.54, 1.807) is 0 Å². The van der Waals surface area contributed by atoms with E-state index in [1.807, 2.05) is 0 Å². The smallest absolute Gasteiger partial charge is 0.272 e. The van der Waals surface area contributed by atoms with Crippen molar-refractivity contribution in [3.8, 4) is 5.75 Å². The van der Waals surface area contributed by atoms with Gasteiger partial charge in [-0.1, -0.05) is 0 Å². The van der Waals surface area contributed by atoms with E-state index in [9.17, 15) is 26.0 Å². The van der Waals surface area contributed by atoms with E-state index in [0.29, 0.717) is 12.1 Å². The van der Waals surface area contributed by atoms with Crippen molar-refractivity contribution in [1.82, 2.24) is 0 Å². The lowest BCUT2D eigenvalue weighted by Crippen LogP contribution is -2.16. The molecule has 4 nitrogen and oxygen atoms in total.